The highest BCUT2D eigenvalue weighted by Crippen LogP contribution is 2.15. The Bertz CT molecular complexity index is 892. The van der Waals surface area contributed by atoms with Crippen LogP contribution in [0.4, 0.5) is 5.69 Å². The summed E-state index contributed by atoms with van der Waals surface area (Å²) < 4.78 is 0. The van der Waals surface area contributed by atoms with Gasteiger partial charge in [0.1, 0.15) is 0 Å². The fourth-order valence-corrected chi connectivity index (χ4v) is 1.98. The van der Waals surface area contributed by atoms with E-state index in [1.807, 2.05) is 0 Å². The molecule has 0 atom stereocenters. The van der Waals surface area contributed by atoms with Gasteiger partial charge >= 0.3 is 0 Å². The molecule has 0 unspecified atom stereocenters. The van der Waals surface area contributed by atoms with Crippen LogP contribution in [0.1, 0.15) is 21.5 Å². The highest BCUT2D eigenvalue weighted by molar-refractivity contribution is 5.96. The molecular weight excluding hydrogens is 340 g/mol. The summed E-state index contributed by atoms with van der Waals surface area (Å²) in [5.74, 6) is -1.23. The number of para-hydroxylation sites is 1. The van der Waals surface area contributed by atoms with Gasteiger partial charge < -0.3 is 0 Å². The molecule has 9 nitrogen and oxygen atoms in total. The molecule has 2 aromatic rings. The van der Waals surface area contributed by atoms with Crippen molar-refractivity contribution in [3.8, 4) is 0 Å². The molecule has 2 rings (SSSR count). The van der Waals surface area contributed by atoms with Crippen molar-refractivity contribution in [2.75, 3.05) is 0 Å². The summed E-state index contributed by atoms with van der Waals surface area (Å²) in [6.45, 7) is 0. The fourth-order valence-electron chi connectivity index (χ4n) is 1.98. The molecule has 2 amide bonds. The minimum atomic E-state index is -0.700. The van der Waals surface area contributed by atoms with E-state index < -0.39 is 16.7 Å². The van der Waals surface area contributed by atoms with Crippen molar-refractivity contribution in [1.82, 2.24) is 10.9 Å². The number of hydrazone groups is 1. The Morgan fingerprint density at radius 1 is 1.15 bits per heavy atom. The van der Waals surface area contributed by atoms with Crippen LogP contribution in [0, 0.1) is 10.1 Å². The molecule has 3 N–H and O–H groups in total. The molecule has 0 heterocycles. The van der Waals surface area contributed by atoms with E-state index in [0.717, 1.165) is 6.08 Å². The Labute approximate surface area is 147 Å². The minimum Gasteiger partial charge on any atom is -0.288 e. The van der Waals surface area contributed by atoms with Crippen LogP contribution in [0.25, 0.3) is 6.08 Å². The number of hydrogen-bond acceptors (Lipinski definition) is 6. The molecule has 2 aromatic carbocycles. The summed E-state index contributed by atoms with van der Waals surface area (Å²) in [6, 6.07) is 12.3. The standard InChI is InChI=1S/C17H14N4O5/c22-16(20-24)9-8-12-4-3-6-13(10-12)17(23)19-18-11-14-5-1-2-7-15(14)21(25)26/h1-11,24H,(H,19,23)(H,20,22). The van der Waals surface area contributed by atoms with Crippen molar-refractivity contribution in [2.45, 2.75) is 0 Å². The molecule has 0 fully saturated rings. The molecule has 0 aliphatic heterocycles. The van der Waals surface area contributed by atoms with Gasteiger partial charge in [0, 0.05) is 17.7 Å². The number of nitrogens with one attached hydrogen (secondary N) is 2. The van der Waals surface area contributed by atoms with E-state index >= 15 is 0 Å². The number of rotatable bonds is 6. The van der Waals surface area contributed by atoms with Gasteiger partial charge in [-0.05, 0) is 29.8 Å². The molecule has 132 valence electrons. The van der Waals surface area contributed by atoms with Crippen molar-refractivity contribution in [1.29, 1.82) is 0 Å². The predicted molar refractivity (Wildman–Crippen MR) is 93.6 cm³/mol. The van der Waals surface area contributed by atoms with Crippen molar-refractivity contribution in [2.24, 2.45) is 5.10 Å². The van der Waals surface area contributed by atoms with Gasteiger partial charge in [-0.2, -0.15) is 5.10 Å². The van der Waals surface area contributed by atoms with Gasteiger partial charge in [0.2, 0.25) is 0 Å². The van der Waals surface area contributed by atoms with Crippen LogP contribution in [0.15, 0.2) is 59.7 Å². The first kappa shape index (κ1) is 18.5. The first-order valence-electron chi connectivity index (χ1n) is 7.30. The zero-order chi connectivity index (χ0) is 18.9. The SMILES string of the molecule is O=C(C=Cc1cccc(C(=O)NN=Cc2ccccc2[N+](=O)[O-])c1)NO. The predicted octanol–water partition coefficient (Wildman–Crippen LogP) is 1.88. The smallest absolute Gasteiger partial charge is 0.278 e. The molecule has 0 saturated heterocycles. The maximum absolute atomic E-state index is 12.1. The lowest BCUT2D eigenvalue weighted by molar-refractivity contribution is -0.385. The summed E-state index contributed by atoms with van der Waals surface area (Å²) in [5.41, 5.74) is 4.70. The third-order valence-corrected chi connectivity index (χ3v) is 3.19. The summed E-state index contributed by atoms with van der Waals surface area (Å²) in [5, 5.41) is 23.1. The first-order valence-corrected chi connectivity index (χ1v) is 7.30. The van der Waals surface area contributed by atoms with Crippen molar-refractivity contribution in [3.05, 3.63) is 81.4 Å². The largest absolute Gasteiger partial charge is 0.288 e. The lowest BCUT2D eigenvalue weighted by Crippen LogP contribution is -2.17. The number of benzene rings is 2. The monoisotopic (exact) mass is 354 g/mol. The van der Waals surface area contributed by atoms with E-state index in [0.29, 0.717) is 5.56 Å². The van der Waals surface area contributed by atoms with Crippen molar-refractivity contribution >= 4 is 29.8 Å². The molecule has 0 bridgehead atoms. The number of carbonyl (C=O) groups is 2. The second-order valence-electron chi connectivity index (χ2n) is 4.95. The van der Waals surface area contributed by atoms with Crippen LogP contribution < -0.4 is 10.9 Å². The Morgan fingerprint density at radius 2 is 1.92 bits per heavy atom. The topological polar surface area (TPSA) is 134 Å². The van der Waals surface area contributed by atoms with Gasteiger partial charge in [0.05, 0.1) is 16.7 Å². The van der Waals surface area contributed by atoms with E-state index in [2.05, 4.69) is 10.5 Å². The van der Waals surface area contributed by atoms with E-state index in [9.17, 15) is 19.7 Å². The average molecular weight is 354 g/mol. The molecule has 9 heteroatoms. The van der Waals surface area contributed by atoms with E-state index in [4.69, 9.17) is 5.21 Å². The van der Waals surface area contributed by atoms with Crippen LogP contribution in [0.5, 0.6) is 0 Å². The fraction of sp³-hybridized carbons (Fsp3) is 0. The van der Waals surface area contributed by atoms with E-state index in [1.165, 1.54) is 42.0 Å². The maximum Gasteiger partial charge on any atom is 0.278 e. The Kier molecular flexibility index (Phi) is 6.29. The highest BCUT2D eigenvalue weighted by Gasteiger charge is 2.10. The third-order valence-electron chi connectivity index (χ3n) is 3.19. The molecule has 26 heavy (non-hydrogen) atoms. The molecule has 0 aliphatic rings. The van der Waals surface area contributed by atoms with Gasteiger partial charge in [-0.1, -0.05) is 24.3 Å². The number of nitrogens with zero attached hydrogens (tertiary/aromatic N) is 2. The summed E-state index contributed by atoms with van der Waals surface area (Å²) in [6.07, 6.45) is 3.70. The molecule has 0 radical (unpaired) electrons. The van der Waals surface area contributed by atoms with Crippen LogP contribution in [0.2, 0.25) is 0 Å². The zero-order valence-corrected chi connectivity index (χ0v) is 13.3. The molecule has 0 saturated carbocycles. The quantitative estimate of drug-likeness (QED) is 0.239. The van der Waals surface area contributed by atoms with Crippen molar-refractivity contribution < 1.29 is 19.7 Å². The number of hydroxylamine groups is 1. The Balaban J connectivity index is 2.08. The lowest BCUT2D eigenvalue weighted by atomic mass is 10.1. The van der Waals surface area contributed by atoms with Gasteiger partial charge in [-0.25, -0.2) is 10.9 Å². The highest BCUT2D eigenvalue weighted by atomic mass is 16.6. The van der Waals surface area contributed by atoms with Gasteiger partial charge in [0.15, 0.2) is 0 Å². The summed E-state index contributed by atoms with van der Waals surface area (Å²) in [7, 11) is 0. The Morgan fingerprint density at radius 3 is 2.65 bits per heavy atom. The van der Waals surface area contributed by atoms with Crippen LogP contribution in [-0.2, 0) is 4.79 Å². The van der Waals surface area contributed by atoms with Gasteiger partial charge in [0.25, 0.3) is 17.5 Å². The summed E-state index contributed by atoms with van der Waals surface area (Å²) in [4.78, 5) is 33.4. The minimum absolute atomic E-state index is 0.125. The van der Waals surface area contributed by atoms with Crippen LogP contribution >= 0.6 is 0 Å². The Hall–Kier alpha value is -3.85. The third kappa shape index (κ3) is 5.08. The second-order valence-corrected chi connectivity index (χ2v) is 4.95. The average Bonchev–Trinajstić information content (AvgIpc) is 2.66. The summed E-state index contributed by atoms with van der Waals surface area (Å²) >= 11 is 0. The second kappa shape index (κ2) is 8.85. The number of amides is 2. The maximum atomic E-state index is 12.1. The molecule has 0 aliphatic carbocycles. The normalized spacial score (nSPS) is 10.8. The van der Waals surface area contributed by atoms with Crippen molar-refractivity contribution in [3.63, 3.8) is 0 Å². The van der Waals surface area contributed by atoms with Crippen LogP contribution in [-0.4, -0.2) is 28.2 Å². The van der Waals surface area contributed by atoms with Gasteiger partial charge in [-0.3, -0.25) is 24.9 Å². The molecular formula is C17H14N4O5. The molecule has 0 aromatic heterocycles. The zero-order valence-electron chi connectivity index (χ0n) is 13.3. The van der Waals surface area contributed by atoms with E-state index in [1.54, 1.807) is 24.3 Å². The number of nitro benzene ring substituents is 1. The number of hydrogen-bond donors (Lipinski definition) is 3. The first-order chi connectivity index (χ1) is 12.5. The number of nitro groups is 1. The number of carbonyl (C=O) groups excluding carboxylic acids is 2. The lowest BCUT2D eigenvalue weighted by Gasteiger charge is -2.01. The van der Waals surface area contributed by atoms with Crippen LogP contribution in [0.3, 0.4) is 0 Å². The molecule has 0 spiro atoms. The van der Waals surface area contributed by atoms with E-state index in [-0.39, 0.29) is 16.8 Å². The van der Waals surface area contributed by atoms with Gasteiger partial charge in [-0.15, -0.1) is 0 Å².